The van der Waals surface area contributed by atoms with Gasteiger partial charge < -0.3 is 13.9 Å². The standard InChI is InChI=1S/C20H16N4O4/c25-20(18-12-11-17(28-18)13-26-16-9-5-2-6-10-16)27-14-19-21-22-23-24(19)15-7-3-1-4-8-15/h1-12H,13-14H2. The first-order valence-corrected chi connectivity index (χ1v) is 8.56. The zero-order valence-electron chi connectivity index (χ0n) is 14.8. The molecule has 0 N–H and O–H groups in total. The van der Waals surface area contributed by atoms with Crippen LogP contribution in [-0.4, -0.2) is 26.2 Å². The molecule has 0 spiro atoms. The van der Waals surface area contributed by atoms with Gasteiger partial charge in [-0.15, -0.1) is 5.10 Å². The SMILES string of the molecule is O=C(OCc1nnnn1-c1ccccc1)c1ccc(COc2ccccc2)o1. The van der Waals surface area contributed by atoms with Crippen LogP contribution in [0.1, 0.15) is 22.1 Å². The summed E-state index contributed by atoms with van der Waals surface area (Å²) in [5.74, 6) is 1.12. The van der Waals surface area contributed by atoms with Crippen LogP contribution in [0.3, 0.4) is 0 Å². The van der Waals surface area contributed by atoms with Crippen LogP contribution in [0.4, 0.5) is 0 Å². The van der Waals surface area contributed by atoms with Gasteiger partial charge in [-0.25, -0.2) is 4.79 Å². The van der Waals surface area contributed by atoms with Crippen LogP contribution in [0.5, 0.6) is 5.75 Å². The van der Waals surface area contributed by atoms with E-state index in [9.17, 15) is 4.79 Å². The van der Waals surface area contributed by atoms with E-state index < -0.39 is 5.97 Å². The van der Waals surface area contributed by atoms with E-state index in [0.717, 1.165) is 11.4 Å². The lowest BCUT2D eigenvalue weighted by atomic mass is 10.3. The molecule has 0 saturated carbocycles. The molecule has 0 aliphatic carbocycles. The molecule has 0 saturated heterocycles. The van der Waals surface area contributed by atoms with E-state index in [-0.39, 0.29) is 19.0 Å². The van der Waals surface area contributed by atoms with E-state index in [2.05, 4.69) is 15.5 Å². The molecule has 0 aliphatic heterocycles. The van der Waals surface area contributed by atoms with Crippen LogP contribution in [0.2, 0.25) is 0 Å². The van der Waals surface area contributed by atoms with Gasteiger partial charge in [0.15, 0.2) is 12.4 Å². The number of ether oxygens (including phenoxy) is 2. The number of carbonyl (C=O) groups excluding carboxylic acids is 1. The Bertz CT molecular complexity index is 1040. The van der Waals surface area contributed by atoms with Crippen LogP contribution in [-0.2, 0) is 18.0 Å². The molecule has 0 bridgehead atoms. The summed E-state index contributed by atoms with van der Waals surface area (Å²) in [7, 11) is 0. The molecule has 8 heteroatoms. The third kappa shape index (κ3) is 4.07. The minimum absolute atomic E-state index is 0.0860. The van der Waals surface area contributed by atoms with E-state index in [1.807, 2.05) is 60.7 Å². The van der Waals surface area contributed by atoms with Gasteiger partial charge in [-0.3, -0.25) is 0 Å². The summed E-state index contributed by atoms with van der Waals surface area (Å²) < 4.78 is 17.9. The minimum Gasteiger partial charge on any atom is -0.486 e. The zero-order chi connectivity index (χ0) is 19.2. The van der Waals surface area contributed by atoms with Crippen molar-refractivity contribution in [2.24, 2.45) is 0 Å². The Labute approximate surface area is 160 Å². The number of nitrogens with zero attached hydrogens (tertiary/aromatic N) is 4. The molecule has 0 atom stereocenters. The van der Waals surface area contributed by atoms with Crippen LogP contribution >= 0.6 is 0 Å². The average Bonchev–Trinajstić information content (AvgIpc) is 3.41. The molecule has 0 aliphatic rings. The maximum Gasteiger partial charge on any atom is 0.374 e. The van der Waals surface area contributed by atoms with Crippen molar-refractivity contribution < 1.29 is 18.7 Å². The topological polar surface area (TPSA) is 92.3 Å². The predicted octanol–water partition coefficient (Wildman–Crippen LogP) is 3.19. The van der Waals surface area contributed by atoms with Crippen LogP contribution in [0.25, 0.3) is 5.69 Å². The fourth-order valence-corrected chi connectivity index (χ4v) is 2.50. The number of esters is 1. The second-order valence-electron chi connectivity index (χ2n) is 5.79. The van der Waals surface area contributed by atoms with Gasteiger partial charge >= 0.3 is 5.97 Å². The Balaban J connectivity index is 1.35. The van der Waals surface area contributed by atoms with Crippen molar-refractivity contribution in [2.75, 3.05) is 0 Å². The van der Waals surface area contributed by atoms with Crippen molar-refractivity contribution in [1.29, 1.82) is 0 Å². The number of hydrogen-bond donors (Lipinski definition) is 0. The first-order valence-electron chi connectivity index (χ1n) is 8.56. The Hall–Kier alpha value is -3.94. The van der Waals surface area contributed by atoms with Crippen molar-refractivity contribution >= 4 is 5.97 Å². The molecule has 2 heterocycles. The Morgan fingerprint density at radius 1 is 0.929 bits per heavy atom. The maximum atomic E-state index is 12.2. The minimum atomic E-state index is -0.603. The summed E-state index contributed by atoms with van der Waals surface area (Å²) >= 11 is 0. The molecule has 2 aromatic carbocycles. The Morgan fingerprint density at radius 2 is 1.68 bits per heavy atom. The molecule has 0 fully saturated rings. The molecule has 2 aromatic heterocycles. The molecule has 0 unspecified atom stereocenters. The van der Waals surface area contributed by atoms with Crippen LogP contribution in [0.15, 0.2) is 77.2 Å². The monoisotopic (exact) mass is 376 g/mol. The van der Waals surface area contributed by atoms with Gasteiger partial charge in [0.2, 0.25) is 5.76 Å². The largest absolute Gasteiger partial charge is 0.486 e. The van der Waals surface area contributed by atoms with E-state index in [0.29, 0.717) is 11.6 Å². The number of benzene rings is 2. The Kier molecular flexibility index (Phi) is 5.10. The summed E-state index contributed by atoms with van der Waals surface area (Å²) in [6.07, 6.45) is 0. The van der Waals surface area contributed by atoms with Gasteiger partial charge in [0.25, 0.3) is 0 Å². The summed E-state index contributed by atoms with van der Waals surface area (Å²) in [6, 6.07) is 21.9. The highest BCUT2D eigenvalue weighted by atomic mass is 16.5. The highest BCUT2D eigenvalue weighted by molar-refractivity contribution is 5.86. The first-order chi connectivity index (χ1) is 13.8. The molecule has 28 heavy (non-hydrogen) atoms. The lowest BCUT2D eigenvalue weighted by molar-refractivity contribution is 0.0419. The highest BCUT2D eigenvalue weighted by Gasteiger charge is 2.16. The maximum absolute atomic E-state index is 12.2. The normalized spacial score (nSPS) is 10.6. The molecule has 0 radical (unpaired) electrons. The fraction of sp³-hybridized carbons (Fsp3) is 0.100. The second kappa shape index (κ2) is 8.17. The smallest absolute Gasteiger partial charge is 0.374 e. The summed E-state index contributed by atoms with van der Waals surface area (Å²) in [6.45, 7) is 0.126. The summed E-state index contributed by atoms with van der Waals surface area (Å²) in [4.78, 5) is 12.2. The lowest BCUT2D eigenvalue weighted by Gasteiger charge is -2.05. The molecule has 4 aromatic rings. The van der Waals surface area contributed by atoms with Gasteiger partial charge in [0.1, 0.15) is 18.1 Å². The predicted molar refractivity (Wildman–Crippen MR) is 97.8 cm³/mol. The second-order valence-corrected chi connectivity index (χ2v) is 5.79. The number of furan rings is 1. The molecule has 8 nitrogen and oxygen atoms in total. The van der Waals surface area contributed by atoms with Crippen molar-refractivity contribution in [3.63, 3.8) is 0 Å². The van der Waals surface area contributed by atoms with Crippen LogP contribution in [0, 0.1) is 0 Å². The summed E-state index contributed by atoms with van der Waals surface area (Å²) in [5.41, 5.74) is 0.775. The number of rotatable bonds is 7. The Morgan fingerprint density at radius 3 is 2.46 bits per heavy atom. The number of para-hydroxylation sites is 2. The fourth-order valence-electron chi connectivity index (χ4n) is 2.50. The summed E-state index contributed by atoms with van der Waals surface area (Å²) in [5, 5.41) is 11.5. The van der Waals surface area contributed by atoms with E-state index >= 15 is 0 Å². The van der Waals surface area contributed by atoms with Gasteiger partial charge in [0.05, 0.1) is 5.69 Å². The molecular formula is C20H16N4O4. The van der Waals surface area contributed by atoms with Gasteiger partial charge in [0, 0.05) is 0 Å². The molecule has 140 valence electrons. The van der Waals surface area contributed by atoms with Crippen LogP contribution < -0.4 is 4.74 Å². The average molecular weight is 376 g/mol. The molecule has 0 amide bonds. The number of carbonyl (C=O) groups is 1. The number of hydrogen-bond acceptors (Lipinski definition) is 7. The molecule has 4 rings (SSSR count). The van der Waals surface area contributed by atoms with Gasteiger partial charge in [-0.2, -0.15) is 4.68 Å². The van der Waals surface area contributed by atoms with Crippen molar-refractivity contribution in [3.8, 4) is 11.4 Å². The first kappa shape index (κ1) is 17.5. The van der Waals surface area contributed by atoms with Gasteiger partial charge in [-0.05, 0) is 46.8 Å². The van der Waals surface area contributed by atoms with Crippen molar-refractivity contribution in [2.45, 2.75) is 13.2 Å². The lowest BCUT2D eigenvalue weighted by Crippen LogP contribution is -2.09. The number of aromatic nitrogens is 4. The van der Waals surface area contributed by atoms with Gasteiger partial charge in [-0.1, -0.05) is 36.4 Å². The highest BCUT2D eigenvalue weighted by Crippen LogP contribution is 2.15. The van der Waals surface area contributed by atoms with Crippen molar-refractivity contribution in [3.05, 3.63) is 90.1 Å². The molecular weight excluding hydrogens is 360 g/mol. The van der Waals surface area contributed by atoms with E-state index in [1.165, 1.54) is 4.68 Å². The van der Waals surface area contributed by atoms with E-state index in [4.69, 9.17) is 13.9 Å². The number of tetrazole rings is 1. The zero-order valence-corrected chi connectivity index (χ0v) is 14.8. The van der Waals surface area contributed by atoms with Crippen molar-refractivity contribution in [1.82, 2.24) is 20.2 Å². The third-order valence-corrected chi connectivity index (χ3v) is 3.85. The quantitative estimate of drug-likeness (QED) is 0.457. The van der Waals surface area contributed by atoms with E-state index in [1.54, 1.807) is 12.1 Å². The third-order valence-electron chi connectivity index (χ3n) is 3.85.